The van der Waals surface area contributed by atoms with Crippen molar-refractivity contribution in [3.05, 3.63) is 65.2 Å². The summed E-state index contributed by atoms with van der Waals surface area (Å²) in [6.45, 7) is 1.87. The van der Waals surface area contributed by atoms with Gasteiger partial charge in [-0.15, -0.1) is 23.1 Å². The molecule has 2 aromatic carbocycles. The first-order valence-corrected chi connectivity index (χ1v) is 9.50. The van der Waals surface area contributed by atoms with Crippen molar-refractivity contribution in [1.29, 1.82) is 5.26 Å². The van der Waals surface area contributed by atoms with Crippen molar-refractivity contribution in [3.63, 3.8) is 0 Å². The standard InChI is InChI=1S/C19H16N2OS2/c1-13(23-12-14-7-3-2-4-8-14)18(22)15(11-20)19-21-16-9-5-6-10-17(16)24-19/h2-10,13,15H,12H2,1H3. The van der Waals surface area contributed by atoms with Gasteiger partial charge in [-0.25, -0.2) is 4.98 Å². The summed E-state index contributed by atoms with van der Waals surface area (Å²) in [5, 5.41) is 9.84. The maximum atomic E-state index is 12.7. The molecule has 0 aliphatic heterocycles. The number of carbonyl (C=O) groups excluding carboxylic acids is 1. The third-order valence-corrected chi connectivity index (χ3v) is 6.05. The molecule has 0 aliphatic rings. The van der Waals surface area contributed by atoms with Gasteiger partial charge in [0.05, 0.1) is 21.5 Å². The molecular weight excluding hydrogens is 336 g/mol. The Morgan fingerprint density at radius 2 is 1.92 bits per heavy atom. The van der Waals surface area contributed by atoms with Gasteiger partial charge < -0.3 is 0 Å². The number of nitrogens with zero attached hydrogens (tertiary/aromatic N) is 2. The van der Waals surface area contributed by atoms with Crippen molar-refractivity contribution in [2.45, 2.75) is 23.8 Å². The quantitative estimate of drug-likeness (QED) is 0.640. The first-order chi connectivity index (χ1) is 11.7. The smallest absolute Gasteiger partial charge is 0.169 e. The number of fused-ring (bicyclic) bond motifs is 1. The summed E-state index contributed by atoms with van der Waals surface area (Å²) < 4.78 is 1.00. The summed E-state index contributed by atoms with van der Waals surface area (Å²) in [4.78, 5) is 17.2. The highest BCUT2D eigenvalue weighted by Gasteiger charge is 2.28. The largest absolute Gasteiger partial charge is 0.296 e. The van der Waals surface area contributed by atoms with Gasteiger partial charge in [-0.3, -0.25) is 4.79 Å². The number of ketones is 1. The number of hydrogen-bond donors (Lipinski definition) is 0. The molecule has 24 heavy (non-hydrogen) atoms. The topological polar surface area (TPSA) is 53.8 Å². The predicted octanol–water partition coefficient (Wildman–Crippen LogP) is 4.79. The summed E-state index contributed by atoms with van der Waals surface area (Å²) in [5.41, 5.74) is 2.02. The summed E-state index contributed by atoms with van der Waals surface area (Å²) in [6.07, 6.45) is 0. The van der Waals surface area contributed by atoms with E-state index in [0.717, 1.165) is 16.0 Å². The van der Waals surface area contributed by atoms with E-state index in [1.807, 2.05) is 61.5 Å². The monoisotopic (exact) mass is 352 g/mol. The Hall–Kier alpha value is -2.16. The van der Waals surface area contributed by atoms with E-state index < -0.39 is 5.92 Å². The lowest BCUT2D eigenvalue weighted by Crippen LogP contribution is -2.21. The third kappa shape index (κ3) is 3.66. The molecular formula is C19H16N2OS2. The van der Waals surface area contributed by atoms with Gasteiger partial charge in [0, 0.05) is 5.75 Å². The number of para-hydroxylation sites is 1. The van der Waals surface area contributed by atoms with Crippen molar-refractivity contribution in [2.24, 2.45) is 0 Å². The van der Waals surface area contributed by atoms with Gasteiger partial charge >= 0.3 is 0 Å². The molecule has 0 amide bonds. The van der Waals surface area contributed by atoms with Gasteiger partial charge in [-0.05, 0) is 24.6 Å². The molecule has 0 spiro atoms. The van der Waals surface area contributed by atoms with Crippen LogP contribution >= 0.6 is 23.1 Å². The molecule has 0 saturated heterocycles. The minimum Gasteiger partial charge on any atom is -0.296 e. The molecule has 3 aromatic rings. The fourth-order valence-corrected chi connectivity index (χ4v) is 4.32. The SMILES string of the molecule is CC(SCc1ccccc1)C(=O)C(C#N)c1nc2ccccc2s1. The highest BCUT2D eigenvalue weighted by atomic mass is 32.2. The Kier molecular flexibility index (Phi) is 5.29. The minimum atomic E-state index is -0.791. The predicted molar refractivity (Wildman–Crippen MR) is 100 cm³/mol. The highest BCUT2D eigenvalue weighted by Crippen LogP contribution is 2.30. The van der Waals surface area contributed by atoms with Crippen molar-refractivity contribution in [1.82, 2.24) is 4.98 Å². The molecule has 0 radical (unpaired) electrons. The lowest BCUT2D eigenvalue weighted by atomic mass is 10.0. The Morgan fingerprint density at radius 1 is 1.21 bits per heavy atom. The number of thioether (sulfide) groups is 1. The molecule has 0 N–H and O–H groups in total. The van der Waals surface area contributed by atoms with Gasteiger partial charge in [0.15, 0.2) is 11.7 Å². The molecule has 5 heteroatoms. The van der Waals surface area contributed by atoms with Crippen LogP contribution in [-0.4, -0.2) is 16.0 Å². The van der Waals surface area contributed by atoms with E-state index in [-0.39, 0.29) is 11.0 Å². The molecule has 0 saturated carbocycles. The van der Waals surface area contributed by atoms with E-state index in [1.165, 1.54) is 16.9 Å². The Bertz CT molecular complexity index is 850. The lowest BCUT2D eigenvalue weighted by molar-refractivity contribution is -0.118. The molecule has 2 unspecified atom stereocenters. The van der Waals surface area contributed by atoms with E-state index in [2.05, 4.69) is 11.1 Å². The lowest BCUT2D eigenvalue weighted by Gasteiger charge is -2.12. The molecule has 0 aliphatic carbocycles. The second kappa shape index (κ2) is 7.61. The first-order valence-electron chi connectivity index (χ1n) is 7.63. The summed E-state index contributed by atoms with van der Waals surface area (Å²) in [5.74, 6) is -0.107. The summed E-state index contributed by atoms with van der Waals surface area (Å²) in [7, 11) is 0. The maximum absolute atomic E-state index is 12.7. The van der Waals surface area contributed by atoms with Crippen LogP contribution in [0.5, 0.6) is 0 Å². The van der Waals surface area contributed by atoms with Crippen molar-refractivity contribution in [2.75, 3.05) is 0 Å². The number of aromatic nitrogens is 1. The number of nitriles is 1. The Labute approximate surface area is 149 Å². The molecule has 0 fully saturated rings. The normalized spacial score (nSPS) is 13.3. The van der Waals surface area contributed by atoms with Crippen LogP contribution in [0.15, 0.2) is 54.6 Å². The second-order valence-electron chi connectivity index (χ2n) is 5.42. The van der Waals surface area contributed by atoms with Crippen molar-refractivity contribution >= 4 is 39.1 Å². The zero-order valence-corrected chi connectivity index (χ0v) is 14.8. The van der Waals surface area contributed by atoms with Gasteiger partial charge in [0.25, 0.3) is 0 Å². The van der Waals surface area contributed by atoms with Crippen molar-refractivity contribution in [3.8, 4) is 6.07 Å². The maximum Gasteiger partial charge on any atom is 0.169 e. The molecule has 3 rings (SSSR count). The van der Waals surface area contributed by atoms with Crippen molar-refractivity contribution < 1.29 is 4.79 Å². The molecule has 3 nitrogen and oxygen atoms in total. The average molecular weight is 352 g/mol. The zero-order chi connectivity index (χ0) is 16.9. The van der Waals surface area contributed by atoms with Crippen LogP contribution in [0.3, 0.4) is 0 Å². The summed E-state index contributed by atoms with van der Waals surface area (Å²) >= 11 is 2.99. The fourth-order valence-electron chi connectivity index (χ4n) is 2.37. The van der Waals surface area contributed by atoms with Crippen LogP contribution in [0.1, 0.15) is 23.4 Å². The first kappa shape index (κ1) is 16.7. The molecule has 120 valence electrons. The average Bonchev–Trinajstić information content (AvgIpc) is 3.04. The minimum absolute atomic E-state index is 0.0718. The number of hydrogen-bond acceptors (Lipinski definition) is 5. The second-order valence-corrected chi connectivity index (χ2v) is 7.81. The summed E-state index contributed by atoms with van der Waals surface area (Å²) in [6, 6.07) is 19.9. The van der Waals surface area contributed by atoms with E-state index in [1.54, 1.807) is 11.8 Å². The third-order valence-electron chi connectivity index (χ3n) is 3.71. The number of thiazole rings is 1. The van der Waals surface area contributed by atoms with Crippen LogP contribution in [-0.2, 0) is 10.5 Å². The molecule has 1 heterocycles. The fraction of sp³-hybridized carbons (Fsp3) is 0.211. The highest BCUT2D eigenvalue weighted by molar-refractivity contribution is 7.99. The van der Waals surface area contributed by atoms with E-state index in [0.29, 0.717) is 5.01 Å². The van der Waals surface area contributed by atoms with Crippen LogP contribution < -0.4 is 0 Å². The van der Waals surface area contributed by atoms with E-state index >= 15 is 0 Å². The van der Waals surface area contributed by atoms with Crippen LogP contribution in [0.4, 0.5) is 0 Å². The molecule has 1 aromatic heterocycles. The Morgan fingerprint density at radius 3 is 2.62 bits per heavy atom. The van der Waals surface area contributed by atoms with E-state index in [4.69, 9.17) is 0 Å². The zero-order valence-electron chi connectivity index (χ0n) is 13.2. The van der Waals surface area contributed by atoms with Crippen LogP contribution in [0.25, 0.3) is 10.2 Å². The molecule has 2 atom stereocenters. The number of benzene rings is 2. The van der Waals surface area contributed by atoms with Gasteiger partial charge in [0.2, 0.25) is 0 Å². The van der Waals surface area contributed by atoms with Gasteiger partial charge in [-0.1, -0.05) is 42.5 Å². The Balaban J connectivity index is 1.72. The molecule has 0 bridgehead atoms. The van der Waals surface area contributed by atoms with E-state index in [9.17, 15) is 10.1 Å². The number of carbonyl (C=O) groups is 1. The number of Topliss-reactive ketones (excluding diaryl/α,β-unsaturated/α-hetero) is 1. The van der Waals surface area contributed by atoms with Crippen LogP contribution in [0.2, 0.25) is 0 Å². The van der Waals surface area contributed by atoms with Crippen LogP contribution in [0, 0.1) is 11.3 Å². The number of rotatable bonds is 6. The van der Waals surface area contributed by atoms with Gasteiger partial charge in [-0.2, -0.15) is 5.26 Å². The van der Waals surface area contributed by atoms with Gasteiger partial charge in [0.1, 0.15) is 5.01 Å².